The predicted molar refractivity (Wildman–Crippen MR) is 44.9 cm³/mol. The molecule has 0 saturated carbocycles. The Kier molecular flexibility index (Phi) is 1.87. The van der Waals surface area contributed by atoms with Crippen LogP contribution in [0.2, 0.25) is 0 Å². The molecule has 2 rings (SSSR count). The largest absolute Gasteiger partial charge is 0.306 e. The Labute approximate surface area is 68.1 Å². The highest BCUT2D eigenvalue weighted by atomic mass is 15.4. The van der Waals surface area contributed by atoms with Crippen molar-refractivity contribution in [3.63, 3.8) is 0 Å². The molecule has 64 valence electrons. The average Bonchev–Trinajstić information content (AvgIpc) is 2.32. The topological polar surface area (TPSA) is 32.5 Å². The maximum Gasteiger partial charge on any atom is 0.0294 e. The Bertz CT molecular complexity index is 148. The number of fused-ring (bicyclic) bond motifs is 1. The molecule has 2 fully saturated rings. The van der Waals surface area contributed by atoms with Crippen molar-refractivity contribution in [3.8, 4) is 0 Å². The smallest absolute Gasteiger partial charge is 0.0294 e. The maximum absolute atomic E-state index is 5.85. The van der Waals surface area contributed by atoms with E-state index in [0.29, 0.717) is 6.04 Å². The van der Waals surface area contributed by atoms with Gasteiger partial charge in [-0.1, -0.05) is 0 Å². The molecular weight excluding hydrogens is 138 g/mol. The summed E-state index contributed by atoms with van der Waals surface area (Å²) in [6, 6.07) is 0.686. The molecule has 2 saturated heterocycles. The quantitative estimate of drug-likeness (QED) is 0.495. The van der Waals surface area contributed by atoms with E-state index in [2.05, 4.69) is 11.9 Å². The summed E-state index contributed by atoms with van der Waals surface area (Å²) < 4.78 is 0. The van der Waals surface area contributed by atoms with Crippen LogP contribution in [0.3, 0.4) is 0 Å². The Morgan fingerprint density at radius 1 is 1.27 bits per heavy atom. The Morgan fingerprint density at radius 3 is 2.91 bits per heavy atom. The van der Waals surface area contributed by atoms with E-state index in [4.69, 9.17) is 5.84 Å². The molecule has 2 aliphatic rings. The van der Waals surface area contributed by atoms with Gasteiger partial charge in [-0.25, -0.2) is 5.01 Å². The van der Waals surface area contributed by atoms with Crippen LogP contribution >= 0.6 is 0 Å². The molecule has 0 aromatic carbocycles. The number of nitrogens with two attached hydrogens (primary N) is 1. The lowest BCUT2D eigenvalue weighted by Gasteiger charge is -2.34. The molecule has 3 nitrogen and oxygen atoms in total. The number of hydrazine groups is 1. The summed E-state index contributed by atoms with van der Waals surface area (Å²) >= 11 is 0. The molecule has 0 unspecified atom stereocenters. The molecule has 2 atom stereocenters. The zero-order valence-electron chi connectivity index (χ0n) is 7.16. The Hall–Kier alpha value is -0.120. The number of hydrogen-bond acceptors (Lipinski definition) is 3. The third-order valence-corrected chi connectivity index (χ3v) is 3.08. The van der Waals surface area contributed by atoms with Crippen LogP contribution in [0.4, 0.5) is 0 Å². The van der Waals surface area contributed by atoms with Crippen LogP contribution in [0.15, 0.2) is 0 Å². The van der Waals surface area contributed by atoms with Crippen molar-refractivity contribution in [3.05, 3.63) is 0 Å². The highest BCUT2D eigenvalue weighted by molar-refractivity contribution is 4.89. The van der Waals surface area contributed by atoms with Crippen LogP contribution in [-0.4, -0.2) is 42.6 Å². The van der Waals surface area contributed by atoms with Crippen LogP contribution < -0.4 is 5.84 Å². The van der Waals surface area contributed by atoms with Gasteiger partial charge in [0.25, 0.3) is 0 Å². The first kappa shape index (κ1) is 7.53. The molecule has 2 heterocycles. The van der Waals surface area contributed by atoms with Gasteiger partial charge in [-0.3, -0.25) is 5.84 Å². The first-order valence-corrected chi connectivity index (χ1v) is 4.47. The number of piperidine rings is 1. The maximum atomic E-state index is 5.85. The van der Waals surface area contributed by atoms with Crippen molar-refractivity contribution in [2.24, 2.45) is 11.8 Å². The first-order valence-electron chi connectivity index (χ1n) is 4.47. The molecule has 0 aromatic rings. The first-order chi connectivity index (χ1) is 5.27. The van der Waals surface area contributed by atoms with Gasteiger partial charge in [0.1, 0.15) is 0 Å². The van der Waals surface area contributed by atoms with E-state index in [1.807, 2.05) is 5.01 Å². The lowest BCUT2D eigenvalue weighted by molar-refractivity contribution is 0.130. The highest BCUT2D eigenvalue weighted by Crippen LogP contribution is 2.28. The summed E-state index contributed by atoms with van der Waals surface area (Å²) in [6.45, 7) is 3.57. The van der Waals surface area contributed by atoms with Gasteiger partial charge in [0.15, 0.2) is 0 Å². The second-order valence-electron chi connectivity index (χ2n) is 3.90. The molecule has 0 radical (unpaired) electrons. The molecule has 2 aliphatic heterocycles. The molecule has 0 aromatic heterocycles. The van der Waals surface area contributed by atoms with Crippen LogP contribution in [0.25, 0.3) is 0 Å². The van der Waals surface area contributed by atoms with Crippen molar-refractivity contribution in [2.45, 2.75) is 18.9 Å². The van der Waals surface area contributed by atoms with Gasteiger partial charge in [0.05, 0.1) is 0 Å². The summed E-state index contributed by atoms with van der Waals surface area (Å²) in [6.07, 6.45) is 2.56. The van der Waals surface area contributed by atoms with Crippen LogP contribution in [-0.2, 0) is 0 Å². The number of likely N-dealkylation sites (tertiary alicyclic amines) is 1. The second-order valence-corrected chi connectivity index (χ2v) is 3.90. The minimum absolute atomic E-state index is 0.686. The van der Waals surface area contributed by atoms with Crippen molar-refractivity contribution >= 4 is 0 Å². The fraction of sp³-hybridized carbons (Fsp3) is 1.00. The van der Waals surface area contributed by atoms with Gasteiger partial charge >= 0.3 is 0 Å². The number of nitrogens with zero attached hydrogens (tertiary/aromatic N) is 2. The fourth-order valence-electron chi connectivity index (χ4n) is 2.40. The summed E-state index contributed by atoms with van der Waals surface area (Å²) in [4.78, 5) is 2.42. The molecule has 0 bridgehead atoms. The third-order valence-electron chi connectivity index (χ3n) is 3.08. The standard InChI is InChI=1S/C8H17N3/c1-10-4-3-8-7(6-10)2-5-11(8)9/h7-8H,2-6,9H2,1H3/t7-,8+/m1/s1. The van der Waals surface area contributed by atoms with E-state index in [9.17, 15) is 0 Å². The molecule has 11 heavy (non-hydrogen) atoms. The fourth-order valence-corrected chi connectivity index (χ4v) is 2.40. The molecule has 0 amide bonds. The van der Waals surface area contributed by atoms with Gasteiger partial charge in [-0.05, 0) is 32.4 Å². The molecular formula is C8H17N3. The molecule has 0 spiro atoms. The summed E-state index contributed by atoms with van der Waals surface area (Å²) in [5.74, 6) is 6.70. The highest BCUT2D eigenvalue weighted by Gasteiger charge is 2.35. The lowest BCUT2D eigenvalue weighted by Crippen LogP contribution is -2.46. The number of hydrogen-bond donors (Lipinski definition) is 1. The van der Waals surface area contributed by atoms with Crippen molar-refractivity contribution in [2.75, 3.05) is 26.7 Å². The second kappa shape index (κ2) is 2.73. The summed E-state index contributed by atoms with van der Waals surface area (Å²) in [5.41, 5.74) is 0. The van der Waals surface area contributed by atoms with Crippen LogP contribution in [0.5, 0.6) is 0 Å². The van der Waals surface area contributed by atoms with Crippen molar-refractivity contribution < 1.29 is 0 Å². The molecule has 2 N–H and O–H groups in total. The van der Waals surface area contributed by atoms with Crippen molar-refractivity contribution in [1.82, 2.24) is 9.91 Å². The SMILES string of the molecule is CN1CC[C@H]2[C@H](CCN2N)C1. The van der Waals surface area contributed by atoms with Gasteiger partial charge in [0, 0.05) is 19.1 Å². The summed E-state index contributed by atoms with van der Waals surface area (Å²) in [7, 11) is 2.20. The molecule has 3 heteroatoms. The van der Waals surface area contributed by atoms with E-state index < -0.39 is 0 Å². The normalized spacial score (nSPS) is 40.9. The van der Waals surface area contributed by atoms with Crippen LogP contribution in [0.1, 0.15) is 12.8 Å². The lowest BCUT2D eigenvalue weighted by atomic mass is 9.94. The zero-order valence-corrected chi connectivity index (χ0v) is 7.16. The van der Waals surface area contributed by atoms with Gasteiger partial charge in [-0.15, -0.1) is 0 Å². The molecule has 0 aliphatic carbocycles. The number of rotatable bonds is 0. The average molecular weight is 155 g/mol. The Balaban J connectivity index is 2.00. The van der Waals surface area contributed by atoms with Gasteiger partial charge < -0.3 is 4.90 Å². The van der Waals surface area contributed by atoms with E-state index in [0.717, 1.165) is 12.5 Å². The van der Waals surface area contributed by atoms with Crippen LogP contribution in [0, 0.1) is 5.92 Å². The monoisotopic (exact) mass is 155 g/mol. The van der Waals surface area contributed by atoms with Crippen molar-refractivity contribution in [1.29, 1.82) is 0 Å². The van der Waals surface area contributed by atoms with Gasteiger partial charge in [0.2, 0.25) is 0 Å². The van der Waals surface area contributed by atoms with E-state index in [-0.39, 0.29) is 0 Å². The third kappa shape index (κ3) is 1.28. The van der Waals surface area contributed by atoms with Gasteiger partial charge in [-0.2, -0.15) is 0 Å². The minimum Gasteiger partial charge on any atom is -0.306 e. The summed E-state index contributed by atoms with van der Waals surface area (Å²) in [5, 5.41) is 2.04. The zero-order chi connectivity index (χ0) is 7.84. The predicted octanol–water partition coefficient (Wildman–Crippen LogP) is -0.114. The van der Waals surface area contributed by atoms with E-state index in [1.54, 1.807) is 0 Å². The van der Waals surface area contributed by atoms with E-state index >= 15 is 0 Å². The van der Waals surface area contributed by atoms with E-state index in [1.165, 1.54) is 25.9 Å². The Morgan fingerprint density at radius 2 is 2.09 bits per heavy atom. The minimum atomic E-state index is 0.686.